The van der Waals surface area contributed by atoms with Crippen LogP contribution in [-0.2, 0) is 4.79 Å². The molecule has 0 spiro atoms. The molecular weight excluding hydrogens is 322 g/mol. The molecule has 1 aliphatic carbocycles. The third kappa shape index (κ3) is 4.15. The summed E-state index contributed by atoms with van der Waals surface area (Å²) in [6, 6.07) is 5.51. The van der Waals surface area contributed by atoms with E-state index in [2.05, 4.69) is 5.32 Å². The van der Waals surface area contributed by atoms with Gasteiger partial charge in [-0.2, -0.15) is 0 Å². The standard InChI is InChI=1S/C18H23N3O4/c22-17(20-9-8-13-4-1-2-5-15(13)12-20)11-19-18(23)14-6-3-7-16(10-14)21(24)25/h3,6-7,10,13,15H,1-2,4-5,8-9,11-12H2,(H,19,23)/t13-,15+/m0/s1. The van der Waals surface area contributed by atoms with Crippen molar-refractivity contribution in [3.8, 4) is 0 Å². The Bertz CT molecular complexity index is 676. The molecule has 0 aromatic heterocycles. The van der Waals surface area contributed by atoms with Gasteiger partial charge in [0.25, 0.3) is 11.6 Å². The van der Waals surface area contributed by atoms with E-state index in [0.29, 0.717) is 5.92 Å². The van der Waals surface area contributed by atoms with Crippen LogP contribution in [0.5, 0.6) is 0 Å². The third-order valence-electron chi connectivity index (χ3n) is 5.36. The smallest absolute Gasteiger partial charge is 0.270 e. The van der Waals surface area contributed by atoms with Gasteiger partial charge in [0.1, 0.15) is 0 Å². The highest BCUT2D eigenvalue weighted by atomic mass is 16.6. The van der Waals surface area contributed by atoms with Gasteiger partial charge in [-0.25, -0.2) is 0 Å². The summed E-state index contributed by atoms with van der Waals surface area (Å²) >= 11 is 0. The minimum absolute atomic E-state index is 0.0705. The van der Waals surface area contributed by atoms with Crippen LogP contribution in [0.15, 0.2) is 24.3 Å². The van der Waals surface area contributed by atoms with Crippen LogP contribution in [0.4, 0.5) is 5.69 Å². The number of nitro benzene ring substituents is 1. The average molecular weight is 345 g/mol. The zero-order valence-corrected chi connectivity index (χ0v) is 14.1. The fraction of sp³-hybridized carbons (Fsp3) is 0.556. The van der Waals surface area contributed by atoms with Crippen molar-refractivity contribution in [1.82, 2.24) is 10.2 Å². The monoisotopic (exact) mass is 345 g/mol. The van der Waals surface area contributed by atoms with E-state index in [-0.39, 0.29) is 23.7 Å². The van der Waals surface area contributed by atoms with E-state index in [1.807, 2.05) is 4.90 Å². The number of hydrogen-bond acceptors (Lipinski definition) is 4. The van der Waals surface area contributed by atoms with Gasteiger partial charge in [0, 0.05) is 30.8 Å². The van der Waals surface area contributed by atoms with Gasteiger partial charge in [-0.3, -0.25) is 19.7 Å². The maximum atomic E-state index is 12.4. The number of non-ortho nitro benzene ring substituents is 1. The molecule has 1 saturated carbocycles. The van der Waals surface area contributed by atoms with Crippen molar-refractivity contribution in [2.75, 3.05) is 19.6 Å². The van der Waals surface area contributed by atoms with Crippen LogP contribution in [-0.4, -0.2) is 41.3 Å². The highest BCUT2D eigenvalue weighted by molar-refractivity contribution is 5.96. The topological polar surface area (TPSA) is 92.6 Å². The molecule has 1 aliphatic heterocycles. The normalized spacial score (nSPS) is 22.8. The van der Waals surface area contributed by atoms with Crippen molar-refractivity contribution >= 4 is 17.5 Å². The molecule has 1 aromatic rings. The van der Waals surface area contributed by atoms with Crippen LogP contribution in [0.3, 0.4) is 0 Å². The number of piperidine rings is 1. The number of carbonyl (C=O) groups is 2. The molecule has 0 radical (unpaired) electrons. The number of likely N-dealkylation sites (tertiary alicyclic amines) is 1. The summed E-state index contributed by atoms with van der Waals surface area (Å²) in [5.74, 6) is 0.795. The van der Waals surface area contributed by atoms with E-state index >= 15 is 0 Å². The Morgan fingerprint density at radius 1 is 1.20 bits per heavy atom. The quantitative estimate of drug-likeness (QED) is 0.670. The second kappa shape index (κ2) is 7.63. The van der Waals surface area contributed by atoms with Gasteiger partial charge in [0.15, 0.2) is 0 Å². The van der Waals surface area contributed by atoms with Gasteiger partial charge in [-0.15, -0.1) is 0 Å². The number of nitro groups is 1. The first-order chi connectivity index (χ1) is 12.0. The Labute approximate surface area is 146 Å². The largest absolute Gasteiger partial charge is 0.343 e. The third-order valence-corrected chi connectivity index (χ3v) is 5.36. The summed E-state index contributed by atoms with van der Waals surface area (Å²) in [6.45, 7) is 1.47. The summed E-state index contributed by atoms with van der Waals surface area (Å²) in [4.78, 5) is 36.6. The number of amides is 2. The molecule has 134 valence electrons. The molecule has 0 unspecified atom stereocenters. The number of hydrogen-bond donors (Lipinski definition) is 1. The van der Waals surface area contributed by atoms with Gasteiger partial charge >= 0.3 is 0 Å². The van der Waals surface area contributed by atoms with Gasteiger partial charge in [0.2, 0.25) is 5.91 Å². The lowest BCUT2D eigenvalue weighted by Crippen LogP contribution is -2.48. The predicted octanol–water partition coefficient (Wildman–Crippen LogP) is 2.36. The minimum Gasteiger partial charge on any atom is -0.343 e. The molecule has 2 aliphatic rings. The Morgan fingerprint density at radius 3 is 2.72 bits per heavy atom. The Kier molecular flexibility index (Phi) is 5.31. The molecule has 0 bridgehead atoms. The molecule has 7 nitrogen and oxygen atoms in total. The van der Waals surface area contributed by atoms with Crippen molar-refractivity contribution < 1.29 is 14.5 Å². The summed E-state index contributed by atoms with van der Waals surface area (Å²) in [7, 11) is 0. The predicted molar refractivity (Wildman–Crippen MR) is 92.1 cm³/mol. The van der Waals surface area contributed by atoms with E-state index in [1.54, 1.807) is 0 Å². The van der Waals surface area contributed by atoms with Gasteiger partial charge in [-0.1, -0.05) is 25.3 Å². The van der Waals surface area contributed by atoms with E-state index in [4.69, 9.17) is 0 Å². The number of rotatable bonds is 4. The van der Waals surface area contributed by atoms with Crippen LogP contribution in [0.2, 0.25) is 0 Å². The number of nitrogens with one attached hydrogen (secondary N) is 1. The van der Waals surface area contributed by atoms with Gasteiger partial charge < -0.3 is 10.2 Å². The maximum absolute atomic E-state index is 12.4. The van der Waals surface area contributed by atoms with E-state index in [9.17, 15) is 19.7 Å². The first-order valence-corrected chi connectivity index (χ1v) is 8.85. The van der Waals surface area contributed by atoms with Crippen molar-refractivity contribution in [3.05, 3.63) is 39.9 Å². The summed E-state index contributed by atoms with van der Waals surface area (Å²) < 4.78 is 0. The van der Waals surface area contributed by atoms with Crippen LogP contribution in [0, 0.1) is 22.0 Å². The summed E-state index contributed by atoms with van der Waals surface area (Å²) in [6.07, 6.45) is 6.06. The van der Waals surface area contributed by atoms with Crippen molar-refractivity contribution in [1.29, 1.82) is 0 Å². The first-order valence-electron chi connectivity index (χ1n) is 8.85. The lowest BCUT2D eigenvalue weighted by molar-refractivity contribution is -0.384. The maximum Gasteiger partial charge on any atom is 0.270 e. The molecule has 1 aromatic carbocycles. The SMILES string of the molecule is O=C(NCC(=O)N1CC[C@@H]2CCCC[C@@H]2C1)c1cccc([N+](=O)[O-])c1. The fourth-order valence-electron chi connectivity index (χ4n) is 3.96. The average Bonchev–Trinajstić information content (AvgIpc) is 2.65. The highest BCUT2D eigenvalue weighted by Crippen LogP contribution is 2.35. The highest BCUT2D eigenvalue weighted by Gasteiger charge is 2.32. The van der Waals surface area contributed by atoms with Crippen LogP contribution in [0.25, 0.3) is 0 Å². The zero-order chi connectivity index (χ0) is 17.8. The van der Waals surface area contributed by atoms with Crippen LogP contribution in [0.1, 0.15) is 42.5 Å². The van der Waals surface area contributed by atoms with Gasteiger partial charge in [0.05, 0.1) is 11.5 Å². The molecule has 3 rings (SSSR count). The first kappa shape index (κ1) is 17.4. The van der Waals surface area contributed by atoms with Gasteiger partial charge in [-0.05, 0) is 30.7 Å². The van der Waals surface area contributed by atoms with E-state index in [0.717, 1.165) is 25.4 Å². The van der Waals surface area contributed by atoms with E-state index in [1.165, 1.54) is 49.9 Å². The molecule has 2 atom stereocenters. The second-order valence-corrected chi connectivity index (χ2v) is 6.92. The Hall–Kier alpha value is -2.44. The zero-order valence-electron chi connectivity index (χ0n) is 14.1. The molecule has 25 heavy (non-hydrogen) atoms. The molecule has 7 heteroatoms. The fourth-order valence-corrected chi connectivity index (χ4v) is 3.96. The molecule has 1 saturated heterocycles. The number of benzene rings is 1. The number of nitrogens with zero attached hydrogens (tertiary/aromatic N) is 2. The minimum atomic E-state index is -0.545. The lowest BCUT2D eigenvalue weighted by Gasteiger charge is -2.41. The van der Waals surface area contributed by atoms with Crippen LogP contribution >= 0.6 is 0 Å². The summed E-state index contributed by atoms with van der Waals surface area (Å²) in [5, 5.41) is 13.4. The number of carbonyl (C=O) groups excluding carboxylic acids is 2. The summed E-state index contributed by atoms with van der Waals surface area (Å²) in [5.41, 5.74) is 0.0475. The van der Waals surface area contributed by atoms with Crippen LogP contribution < -0.4 is 5.32 Å². The Balaban J connectivity index is 1.52. The molecule has 2 fully saturated rings. The van der Waals surface area contributed by atoms with Crippen molar-refractivity contribution in [3.63, 3.8) is 0 Å². The molecule has 1 heterocycles. The lowest BCUT2D eigenvalue weighted by atomic mass is 9.75. The molecule has 1 N–H and O–H groups in total. The Morgan fingerprint density at radius 2 is 1.96 bits per heavy atom. The molecular formula is C18H23N3O4. The van der Waals surface area contributed by atoms with Crippen molar-refractivity contribution in [2.45, 2.75) is 32.1 Å². The van der Waals surface area contributed by atoms with E-state index < -0.39 is 10.8 Å². The number of fused-ring (bicyclic) bond motifs is 1. The van der Waals surface area contributed by atoms with Crippen molar-refractivity contribution in [2.24, 2.45) is 11.8 Å². The molecule has 2 amide bonds. The second-order valence-electron chi connectivity index (χ2n) is 6.92.